The number of phenols is 1. The van der Waals surface area contributed by atoms with E-state index in [2.05, 4.69) is 34.2 Å². The topological polar surface area (TPSA) is 35.8 Å². The Morgan fingerprint density at radius 3 is 2.43 bits per heavy atom. The van der Waals surface area contributed by atoms with Crippen molar-refractivity contribution in [3.05, 3.63) is 71.8 Å². The summed E-state index contributed by atoms with van der Waals surface area (Å²) >= 11 is 0. The Morgan fingerprint density at radius 1 is 0.957 bits per heavy atom. The third kappa shape index (κ3) is 3.34. The van der Waals surface area contributed by atoms with Gasteiger partial charge in [-0.25, -0.2) is 0 Å². The molecule has 0 unspecified atom stereocenters. The molecule has 23 heavy (non-hydrogen) atoms. The molecule has 0 bridgehead atoms. The molecule has 3 heteroatoms. The minimum Gasteiger partial charge on any atom is -0.507 e. The Morgan fingerprint density at radius 2 is 1.70 bits per heavy atom. The van der Waals surface area contributed by atoms with E-state index in [0.717, 1.165) is 21.9 Å². The highest BCUT2D eigenvalue weighted by molar-refractivity contribution is 6.02. The van der Waals surface area contributed by atoms with Gasteiger partial charge in [-0.2, -0.15) is 0 Å². The van der Waals surface area contributed by atoms with Gasteiger partial charge in [0.2, 0.25) is 0 Å². The van der Waals surface area contributed by atoms with Gasteiger partial charge in [-0.15, -0.1) is 0 Å². The van der Waals surface area contributed by atoms with Crippen LogP contribution in [0.5, 0.6) is 5.75 Å². The maximum absolute atomic E-state index is 10.1. The van der Waals surface area contributed by atoms with E-state index < -0.39 is 0 Å². The standard InChI is InChI=1S/C20H20N2O/c1-22(2)17-10-7-15(8-11-17)13-21-14-19-18-6-4-3-5-16(18)9-12-20(19)23/h3-12,14,23H,13H2,1-2H3. The second-order valence-electron chi connectivity index (χ2n) is 5.75. The molecule has 0 aliphatic rings. The van der Waals surface area contributed by atoms with Gasteiger partial charge in [0, 0.05) is 31.6 Å². The van der Waals surface area contributed by atoms with Crippen molar-refractivity contribution in [3.63, 3.8) is 0 Å². The first-order chi connectivity index (χ1) is 11.1. The molecule has 0 saturated carbocycles. The van der Waals surface area contributed by atoms with Crippen LogP contribution in [0, 0.1) is 0 Å². The molecule has 1 N–H and O–H groups in total. The predicted molar refractivity (Wildman–Crippen MR) is 97.7 cm³/mol. The minimum atomic E-state index is 0.260. The number of rotatable bonds is 4. The number of anilines is 1. The molecule has 0 atom stereocenters. The van der Waals surface area contributed by atoms with Crippen molar-refractivity contribution in [2.45, 2.75) is 6.54 Å². The Bertz CT molecular complexity index is 836. The Hall–Kier alpha value is -2.81. The zero-order valence-electron chi connectivity index (χ0n) is 13.4. The van der Waals surface area contributed by atoms with Crippen LogP contribution in [0.3, 0.4) is 0 Å². The van der Waals surface area contributed by atoms with Gasteiger partial charge < -0.3 is 10.0 Å². The third-order valence-corrected chi connectivity index (χ3v) is 3.89. The summed E-state index contributed by atoms with van der Waals surface area (Å²) in [5.41, 5.74) is 3.09. The molecule has 0 aliphatic heterocycles. The van der Waals surface area contributed by atoms with Crippen LogP contribution in [0.25, 0.3) is 10.8 Å². The molecule has 3 aromatic rings. The summed E-state index contributed by atoms with van der Waals surface area (Å²) in [6.07, 6.45) is 1.76. The van der Waals surface area contributed by atoms with Crippen molar-refractivity contribution in [2.24, 2.45) is 4.99 Å². The van der Waals surface area contributed by atoms with Crippen LogP contribution < -0.4 is 4.90 Å². The maximum atomic E-state index is 10.1. The number of hydrogen-bond donors (Lipinski definition) is 1. The summed E-state index contributed by atoms with van der Waals surface area (Å²) in [5, 5.41) is 12.2. The summed E-state index contributed by atoms with van der Waals surface area (Å²) in [4.78, 5) is 6.57. The Kier molecular flexibility index (Phi) is 4.29. The van der Waals surface area contributed by atoms with Crippen LogP contribution in [-0.4, -0.2) is 25.4 Å². The molecule has 0 aliphatic carbocycles. The molecular formula is C20H20N2O. The lowest BCUT2D eigenvalue weighted by molar-refractivity contribution is 0.475. The molecule has 3 aromatic carbocycles. The second-order valence-corrected chi connectivity index (χ2v) is 5.75. The summed E-state index contributed by atoms with van der Waals surface area (Å²) in [6, 6.07) is 20.0. The highest BCUT2D eigenvalue weighted by Crippen LogP contribution is 2.25. The molecule has 0 heterocycles. The fourth-order valence-electron chi connectivity index (χ4n) is 2.56. The highest BCUT2D eigenvalue weighted by atomic mass is 16.3. The van der Waals surface area contributed by atoms with E-state index in [1.54, 1.807) is 12.3 Å². The highest BCUT2D eigenvalue weighted by Gasteiger charge is 2.04. The first-order valence-electron chi connectivity index (χ1n) is 7.62. The van der Waals surface area contributed by atoms with E-state index in [1.807, 2.05) is 44.4 Å². The van der Waals surface area contributed by atoms with Crippen molar-refractivity contribution in [3.8, 4) is 5.75 Å². The van der Waals surface area contributed by atoms with E-state index in [0.29, 0.717) is 6.54 Å². The van der Waals surface area contributed by atoms with Gasteiger partial charge in [0.1, 0.15) is 5.75 Å². The minimum absolute atomic E-state index is 0.260. The molecule has 0 radical (unpaired) electrons. The monoisotopic (exact) mass is 304 g/mol. The number of aliphatic imine (C=N–C) groups is 1. The van der Waals surface area contributed by atoms with Gasteiger partial charge in [-0.1, -0.05) is 42.5 Å². The normalized spacial score (nSPS) is 11.2. The van der Waals surface area contributed by atoms with Crippen LogP contribution in [0.1, 0.15) is 11.1 Å². The summed E-state index contributed by atoms with van der Waals surface area (Å²) < 4.78 is 0. The largest absolute Gasteiger partial charge is 0.507 e. The van der Waals surface area contributed by atoms with E-state index in [1.165, 1.54) is 5.69 Å². The lowest BCUT2D eigenvalue weighted by Crippen LogP contribution is -2.08. The van der Waals surface area contributed by atoms with Crippen molar-refractivity contribution in [1.82, 2.24) is 0 Å². The number of phenolic OH excluding ortho intramolecular Hbond substituents is 1. The van der Waals surface area contributed by atoms with Gasteiger partial charge >= 0.3 is 0 Å². The van der Waals surface area contributed by atoms with Crippen molar-refractivity contribution < 1.29 is 5.11 Å². The van der Waals surface area contributed by atoms with Crippen molar-refractivity contribution >= 4 is 22.7 Å². The molecule has 0 spiro atoms. The van der Waals surface area contributed by atoms with Gasteiger partial charge in [0.25, 0.3) is 0 Å². The number of fused-ring (bicyclic) bond motifs is 1. The summed E-state index contributed by atoms with van der Waals surface area (Å²) in [6.45, 7) is 0.594. The zero-order chi connectivity index (χ0) is 16.2. The summed E-state index contributed by atoms with van der Waals surface area (Å²) in [5.74, 6) is 0.260. The van der Waals surface area contributed by atoms with Crippen LogP contribution in [0.4, 0.5) is 5.69 Å². The van der Waals surface area contributed by atoms with Gasteiger partial charge in [-0.05, 0) is 34.5 Å². The van der Waals surface area contributed by atoms with E-state index in [9.17, 15) is 5.11 Å². The Labute approximate surface area is 136 Å². The number of nitrogens with zero attached hydrogens (tertiary/aromatic N) is 2. The Balaban J connectivity index is 1.82. The fourth-order valence-corrected chi connectivity index (χ4v) is 2.56. The molecule has 3 rings (SSSR count). The number of aromatic hydroxyl groups is 1. The van der Waals surface area contributed by atoms with Crippen LogP contribution in [0.15, 0.2) is 65.7 Å². The van der Waals surface area contributed by atoms with Crippen molar-refractivity contribution in [1.29, 1.82) is 0 Å². The first kappa shape index (κ1) is 15.1. The van der Waals surface area contributed by atoms with E-state index in [-0.39, 0.29) is 5.75 Å². The molecular weight excluding hydrogens is 284 g/mol. The molecule has 0 saturated heterocycles. The van der Waals surface area contributed by atoms with Crippen molar-refractivity contribution in [2.75, 3.05) is 19.0 Å². The molecule has 0 aromatic heterocycles. The lowest BCUT2D eigenvalue weighted by atomic mass is 10.0. The first-order valence-corrected chi connectivity index (χ1v) is 7.62. The molecule has 116 valence electrons. The molecule has 0 amide bonds. The van der Waals surface area contributed by atoms with Crippen LogP contribution in [-0.2, 0) is 6.54 Å². The number of benzene rings is 3. The second kappa shape index (κ2) is 6.53. The van der Waals surface area contributed by atoms with Crippen LogP contribution in [0.2, 0.25) is 0 Å². The zero-order valence-corrected chi connectivity index (χ0v) is 13.4. The van der Waals surface area contributed by atoms with Gasteiger partial charge in [0.15, 0.2) is 0 Å². The third-order valence-electron chi connectivity index (χ3n) is 3.89. The SMILES string of the molecule is CN(C)c1ccc(CN=Cc2c(O)ccc3ccccc23)cc1. The average molecular weight is 304 g/mol. The fraction of sp³-hybridized carbons (Fsp3) is 0.150. The quantitative estimate of drug-likeness (QED) is 0.732. The smallest absolute Gasteiger partial charge is 0.124 e. The van der Waals surface area contributed by atoms with E-state index in [4.69, 9.17) is 0 Å². The molecule has 0 fully saturated rings. The average Bonchev–Trinajstić information content (AvgIpc) is 2.57. The van der Waals surface area contributed by atoms with Crippen LogP contribution >= 0.6 is 0 Å². The lowest BCUT2D eigenvalue weighted by Gasteiger charge is -2.12. The van der Waals surface area contributed by atoms with Gasteiger partial charge in [0.05, 0.1) is 6.54 Å². The summed E-state index contributed by atoms with van der Waals surface area (Å²) in [7, 11) is 4.05. The maximum Gasteiger partial charge on any atom is 0.124 e. The van der Waals surface area contributed by atoms with E-state index >= 15 is 0 Å². The molecule has 3 nitrogen and oxygen atoms in total. The number of hydrogen-bond acceptors (Lipinski definition) is 3. The van der Waals surface area contributed by atoms with Gasteiger partial charge in [-0.3, -0.25) is 4.99 Å². The predicted octanol–water partition coefficient (Wildman–Crippen LogP) is 4.23.